The number of ether oxygens (including phenoxy) is 1. The van der Waals surface area contributed by atoms with Gasteiger partial charge in [0.1, 0.15) is 11.9 Å². The molecule has 8 heteroatoms. The Balaban J connectivity index is 1.13. The first-order valence-electron chi connectivity index (χ1n) is 12.6. The largest absolute Gasteiger partial charge is 0.480 e. The Morgan fingerprint density at radius 3 is 2.76 bits per heavy atom. The summed E-state index contributed by atoms with van der Waals surface area (Å²) < 4.78 is 5.91. The fourth-order valence-corrected chi connectivity index (χ4v) is 5.34. The Labute approximate surface area is 196 Å². The molecule has 1 aromatic rings. The highest BCUT2D eigenvalue weighted by molar-refractivity contribution is 5.83. The number of likely N-dealkylation sites (tertiary alicyclic amines) is 1. The van der Waals surface area contributed by atoms with Gasteiger partial charge in [0.05, 0.1) is 6.10 Å². The zero-order valence-corrected chi connectivity index (χ0v) is 19.9. The maximum absolute atomic E-state index is 12.6. The van der Waals surface area contributed by atoms with Crippen LogP contribution in [0.25, 0.3) is 0 Å². The standard InChI is InChI=1S/C25H38N4O4/c1-16-5-6-17(2)29(16)25(32)28-22(24(30)31)11-13-33-21-14-18(15-21)7-9-20-10-8-19-4-3-12-26-23(19)27-20/h8,10,16-18,21-22H,3-7,9,11-15H2,1-2H3,(H,26,27)(H,28,32)(H,30,31)/t16-,17-,18-,21+,22+/m1/s1. The van der Waals surface area contributed by atoms with E-state index >= 15 is 0 Å². The van der Waals surface area contributed by atoms with Gasteiger partial charge in [-0.2, -0.15) is 0 Å². The number of aryl methyl sites for hydroxylation is 2. The molecule has 1 aromatic heterocycles. The fourth-order valence-electron chi connectivity index (χ4n) is 5.34. The molecule has 3 atom stereocenters. The number of rotatable bonds is 9. The molecule has 0 spiro atoms. The summed E-state index contributed by atoms with van der Waals surface area (Å²) >= 11 is 0. The summed E-state index contributed by atoms with van der Waals surface area (Å²) in [6.45, 7) is 5.37. The smallest absolute Gasteiger partial charge is 0.326 e. The van der Waals surface area contributed by atoms with E-state index in [1.54, 1.807) is 4.90 Å². The van der Waals surface area contributed by atoms with Gasteiger partial charge in [0.2, 0.25) is 0 Å². The third-order valence-corrected chi connectivity index (χ3v) is 7.50. The van der Waals surface area contributed by atoms with E-state index in [2.05, 4.69) is 22.8 Å². The average Bonchev–Trinajstić information content (AvgIpc) is 3.11. The highest BCUT2D eigenvalue weighted by Gasteiger charge is 2.34. The molecule has 3 N–H and O–H groups in total. The number of anilines is 1. The predicted octanol–water partition coefficient (Wildman–Crippen LogP) is 3.59. The lowest BCUT2D eigenvalue weighted by Crippen LogP contribution is -2.51. The molecule has 33 heavy (non-hydrogen) atoms. The molecule has 8 nitrogen and oxygen atoms in total. The summed E-state index contributed by atoms with van der Waals surface area (Å²) in [7, 11) is 0. The van der Waals surface area contributed by atoms with Crippen LogP contribution >= 0.6 is 0 Å². The van der Waals surface area contributed by atoms with Crippen LogP contribution in [0.15, 0.2) is 12.1 Å². The lowest BCUT2D eigenvalue weighted by molar-refractivity contribution is -0.140. The lowest BCUT2D eigenvalue weighted by atomic mass is 9.79. The minimum Gasteiger partial charge on any atom is -0.480 e. The molecule has 2 aliphatic heterocycles. The number of aromatic nitrogens is 1. The monoisotopic (exact) mass is 458 g/mol. The Morgan fingerprint density at radius 1 is 1.27 bits per heavy atom. The molecule has 182 valence electrons. The van der Waals surface area contributed by atoms with Crippen molar-refractivity contribution in [3.05, 3.63) is 23.4 Å². The molecule has 0 radical (unpaired) electrons. The number of carbonyl (C=O) groups is 2. The number of hydrogen-bond acceptors (Lipinski definition) is 5. The van der Waals surface area contributed by atoms with E-state index in [0.717, 1.165) is 63.0 Å². The Hall–Kier alpha value is -2.35. The maximum Gasteiger partial charge on any atom is 0.326 e. The van der Waals surface area contributed by atoms with Gasteiger partial charge in [0, 0.05) is 37.4 Å². The Bertz CT molecular complexity index is 832. The van der Waals surface area contributed by atoms with Crippen LogP contribution in [0.3, 0.4) is 0 Å². The molecule has 2 fully saturated rings. The first kappa shape index (κ1) is 23.8. The number of urea groups is 1. The molecule has 1 saturated heterocycles. The van der Waals surface area contributed by atoms with Crippen LogP contribution in [0.5, 0.6) is 0 Å². The van der Waals surface area contributed by atoms with E-state index in [4.69, 9.17) is 9.72 Å². The number of carbonyl (C=O) groups excluding carboxylic acids is 1. The minimum absolute atomic E-state index is 0.144. The van der Waals surface area contributed by atoms with Gasteiger partial charge in [0.15, 0.2) is 0 Å². The number of aliphatic carboxylic acids is 1. The van der Waals surface area contributed by atoms with Crippen molar-refractivity contribution < 1.29 is 19.4 Å². The Morgan fingerprint density at radius 2 is 2.03 bits per heavy atom. The first-order chi connectivity index (χ1) is 15.9. The van der Waals surface area contributed by atoms with Crippen molar-refractivity contribution in [2.75, 3.05) is 18.5 Å². The van der Waals surface area contributed by atoms with Gasteiger partial charge < -0.3 is 25.4 Å². The van der Waals surface area contributed by atoms with Gasteiger partial charge in [-0.25, -0.2) is 14.6 Å². The minimum atomic E-state index is -1.01. The molecular formula is C25H38N4O4. The van der Waals surface area contributed by atoms with Gasteiger partial charge in [-0.15, -0.1) is 0 Å². The number of nitrogens with one attached hydrogen (secondary N) is 2. The van der Waals surface area contributed by atoms with Crippen LogP contribution in [0.1, 0.15) is 70.1 Å². The summed E-state index contributed by atoms with van der Waals surface area (Å²) in [5.41, 5.74) is 2.47. The molecule has 4 rings (SSSR count). The molecule has 1 aliphatic carbocycles. The third kappa shape index (κ3) is 5.96. The average molecular weight is 459 g/mol. The second-order valence-corrected chi connectivity index (χ2v) is 10.0. The fraction of sp³-hybridized carbons (Fsp3) is 0.720. The molecule has 3 aliphatic rings. The number of carboxylic acid groups (broad SMARTS) is 1. The van der Waals surface area contributed by atoms with Crippen molar-refractivity contribution in [3.63, 3.8) is 0 Å². The zero-order chi connectivity index (χ0) is 23.4. The highest BCUT2D eigenvalue weighted by atomic mass is 16.5. The molecule has 2 amide bonds. The van der Waals surface area contributed by atoms with Crippen LogP contribution in [-0.2, 0) is 22.4 Å². The van der Waals surface area contributed by atoms with Crippen LogP contribution in [-0.4, -0.2) is 64.4 Å². The zero-order valence-electron chi connectivity index (χ0n) is 19.9. The van der Waals surface area contributed by atoms with Crippen molar-refractivity contribution >= 4 is 17.8 Å². The molecular weight excluding hydrogens is 420 g/mol. The molecule has 0 aromatic carbocycles. The third-order valence-electron chi connectivity index (χ3n) is 7.50. The number of hydrogen-bond donors (Lipinski definition) is 3. The molecule has 3 heterocycles. The summed E-state index contributed by atoms with van der Waals surface area (Å²) in [5, 5.41) is 15.6. The normalized spacial score (nSPS) is 27.3. The van der Waals surface area contributed by atoms with Crippen molar-refractivity contribution in [3.8, 4) is 0 Å². The van der Waals surface area contributed by atoms with E-state index in [1.165, 1.54) is 12.0 Å². The van der Waals surface area contributed by atoms with E-state index in [9.17, 15) is 14.7 Å². The predicted molar refractivity (Wildman–Crippen MR) is 126 cm³/mol. The van der Waals surface area contributed by atoms with Crippen LogP contribution < -0.4 is 10.6 Å². The van der Waals surface area contributed by atoms with E-state index in [-0.39, 0.29) is 30.6 Å². The van der Waals surface area contributed by atoms with Gasteiger partial charge in [-0.1, -0.05) is 6.07 Å². The number of pyridine rings is 1. The second-order valence-electron chi connectivity index (χ2n) is 10.0. The SMILES string of the molecule is C[C@@H]1CC[C@@H](C)N1C(=O)N[C@@H](CCO[C@H]1C[C@@H](CCc2ccc3c(n2)NCCC3)C1)C(=O)O. The van der Waals surface area contributed by atoms with Crippen molar-refractivity contribution in [1.29, 1.82) is 0 Å². The number of amides is 2. The van der Waals surface area contributed by atoms with Crippen molar-refractivity contribution in [1.82, 2.24) is 15.2 Å². The van der Waals surface area contributed by atoms with Gasteiger partial charge in [0.25, 0.3) is 0 Å². The maximum atomic E-state index is 12.6. The molecule has 0 unspecified atom stereocenters. The number of carboxylic acids is 1. The van der Waals surface area contributed by atoms with Gasteiger partial charge in [-0.3, -0.25) is 0 Å². The topological polar surface area (TPSA) is 104 Å². The quantitative estimate of drug-likeness (QED) is 0.522. The van der Waals surface area contributed by atoms with E-state index in [1.807, 2.05) is 13.8 Å². The van der Waals surface area contributed by atoms with Crippen molar-refractivity contribution in [2.45, 2.75) is 95.9 Å². The van der Waals surface area contributed by atoms with E-state index in [0.29, 0.717) is 12.5 Å². The van der Waals surface area contributed by atoms with Crippen LogP contribution in [0.2, 0.25) is 0 Å². The first-order valence-corrected chi connectivity index (χ1v) is 12.6. The van der Waals surface area contributed by atoms with Crippen LogP contribution in [0.4, 0.5) is 10.6 Å². The van der Waals surface area contributed by atoms with Gasteiger partial charge >= 0.3 is 12.0 Å². The lowest BCUT2D eigenvalue weighted by Gasteiger charge is -2.35. The second kappa shape index (κ2) is 10.7. The molecule has 0 bridgehead atoms. The summed E-state index contributed by atoms with van der Waals surface area (Å²) in [5.74, 6) is 0.682. The summed E-state index contributed by atoms with van der Waals surface area (Å²) in [4.78, 5) is 30.7. The van der Waals surface area contributed by atoms with Gasteiger partial charge in [-0.05, 0) is 82.8 Å². The van der Waals surface area contributed by atoms with Crippen molar-refractivity contribution in [2.24, 2.45) is 5.92 Å². The number of fused-ring (bicyclic) bond motifs is 1. The molecule has 1 saturated carbocycles. The van der Waals surface area contributed by atoms with E-state index < -0.39 is 12.0 Å². The highest BCUT2D eigenvalue weighted by Crippen LogP contribution is 2.34. The summed E-state index contributed by atoms with van der Waals surface area (Å²) in [6.07, 6.45) is 8.77. The number of nitrogens with zero attached hydrogens (tertiary/aromatic N) is 2. The Kier molecular flexibility index (Phi) is 7.73. The summed E-state index contributed by atoms with van der Waals surface area (Å²) in [6, 6.07) is 3.45. The van der Waals surface area contributed by atoms with Crippen LogP contribution in [0, 0.1) is 5.92 Å².